The Labute approximate surface area is 153 Å². The van der Waals surface area contributed by atoms with Crippen molar-refractivity contribution in [3.63, 3.8) is 0 Å². The number of hydrogen-bond acceptors (Lipinski definition) is 4. The smallest absolute Gasteiger partial charge is 0.253 e. The van der Waals surface area contributed by atoms with Gasteiger partial charge >= 0.3 is 0 Å². The maximum atomic E-state index is 12.7. The standard InChI is InChI=1S/C19H22N2O3.ClH/c1-23-13-9-10-14-12(11-13)5-3-7-16(14)21-19(22)15-6-4-8-17(24-2)18(15)20;/h4,6,8-11,16H,3,5,7,20H2,1-2H3,(H,21,22);1H. The Morgan fingerprint density at radius 1 is 1.20 bits per heavy atom. The summed E-state index contributed by atoms with van der Waals surface area (Å²) in [4.78, 5) is 12.7. The fourth-order valence-corrected chi connectivity index (χ4v) is 3.22. The zero-order valence-corrected chi connectivity index (χ0v) is 15.2. The number of methoxy groups -OCH3 is 2. The third kappa shape index (κ3) is 3.82. The van der Waals surface area contributed by atoms with Crippen LogP contribution in [0.25, 0.3) is 0 Å². The predicted octanol–water partition coefficient (Wildman–Crippen LogP) is 3.52. The summed E-state index contributed by atoms with van der Waals surface area (Å²) >= 11 is 0. The van der Waals surface area contributed by atoms with Gasteiger partial charge in [-0.05, 0) is 54.7 Å². The highest BCUT2D eigenvalue weighted by atomic mass is 35.5. The fourth-order valence-electron chi connectivity index (χ4n) is 3.22. The number of rotatable bonds is 4. The van der Waals surface area contributed by atoms with Crippen molar-refractivity contribution in [3.05, 3.63) is 53.1 Å². The summed E-state index contributed by atoms with van der Waals surface area (Å²) in [5.74, 6) is 1.18. The summed E-state index contributed by atoms with van der Waals surface area (Å²) in [5.41, 5.74) is 9.21. The molecule has 0 fully saturated rings. The van der Waals surface area contributed by atoms with Crippen LogP contribution in [0.4, 0.5) is 5.69 Å². The van der Waals surface area contributed by atoms with Crippen molar-refractivity contribution in [3.8, 4) is 11.5 Å². The SMILES string of the molecule is COc1ccc2c(c1)CCCC2NC(=O)c1cccc(OC)c1N.Cl. The molecule has 25 heavy (non-hydrogen) atoms. The first-order chi connectivity index (χ1) is 11.6. The number of ether oxygens (including phenoxy) is 2. The molecule has 1 atom stereocenters. The van der Waals surface area contributed by atoms with Crippen LogP contribution in [0.3, 0.4) is 0 Å². The van der Waals surface area contributed by atoms with Gasteiger partial charge in [-0.3, -0.25) is 4.79 Å². The lowest BCUT2D eigenvalue weighted by molar-refractivity contribution is 0.0933. The van der Waals surface area contributed by atoms with Gasteiger partial charge in [-0.1, -0.05) is 12.1 Å². The van der Waals surface area contributed by atoms with Crippen molar-refractivity contribution in [1.29, 1.82) is 0 Å². The summed E-state index contributed by atoms with van der Waals surface area (Å²) in [6, 6.07) is 11.2. The van der Waals surface area contributed by atoms with Crippen molar-refractivity contribution in [2.24, 2.45) is 0 Å². The summed E-state index contributed by atoms with van der Waals surface area (Å²) in [5, 5.41) is 3.11. The van der Waals surface area contributed by atoms with E-state index in [1.54, 1.807) is 25.3 Å². The van der Waals surface area contributed by atoms with Crippen molar-refractivity contribution >= 4 is 24.0 Å². The van der Waals surface area contributed by atoms with E-state index >= 15 is 0 Å². The van der Waals surface area contributed by atoms with Gasteiger partial charge in [0.1, 0.15) is 11.5 Å². The number of carbonyl (C=O) groups excluding carboxylic acids is 1. The van der Waals surface area contributed by atoms with Crippen LogP contribution in [0, 0.1) is 0 Å². The van der Waals surface area contributed by atoms with Crippen molar-refractivity contribution < 1.29 is 14.3 Å². The molecule has 1 aliphatic carbocycles. The minimum atomic E-state index is -0.180. The molecule has 134 valence electrons. The summed E-state index contributed by atoms with van der Waals surface area (Å²) in [6.45, 7) is 0. The Balaban J connectivity index is 0.00000225. The van der Waals surface area contributed by atoms with Gasteiger partial charge < -0.3 is 20.5 Å². The number of hydrogen-bond donors (Lipinski definition) is 2. The highest BCUT2D eigenvalue weighted by molar-refractivity contribution is 6.00. The van der Waals surface area contributed by atoms with Gasteiger partial charge in [0, 0.05) is 0 Å². The summed E-state index contributed by atoms with van der Waals surface area (Å²) < 4.78 is 10.5. The second-order valence-corrected chi connectivity index (χ2v) is 5.90. The molecule has 1 amide bonds. The number of anilines is 1. The molecule has 0 saturated carbocycles. The van der Waals surface area contributed by atoms with Crippen LogP contribution >= 0.6 is 12.4 Å². The van der Waals surface area contributed by atoms with Gasteiger partial charge in [-0.25, -0.2) is 0 Å². The number of nitrogens with two attached hydrogens (primary N) is 1. The minimum Gasteiger partial charge on any atom is -0.497 e. The Hall–Kier alpha value is -2.40. The quantitative estimate of drug-likeness (QED) is 0.816. The predicted molar refractivity (Wildman–Crippen MR) is 101 cm³/mol. The van der Waals surface area contributed by atoms with Crippen LogP contribution in [-0.4, -0.2) is 20.1 Å². The van der Waals surface area contributed by atoms with Crippen LogP contribution in [0.2, 0.25) is 0 Å². The third-order valence-corrected chi connectivity index (χ3v) is 4.50. The number of amides is 1. The normalized spacial score (nSPS) is 15.5. The van der Waals surface area contributed by atoms with Crippen molar-refractivity contribution in [2.75, 3.05) is 20.0 Å². The van der Waals surface area contributed by atoms with E-state index in [-0.39, 0.29) is 24.4 Å². The number of para-hydroxylation sites is 1. The largest absolute Gasteiger partial charge is 0.497 e. The zero-order chi connectivity index (χ0) is 17.1. The molecule has 0 heterocycles. The van der Waals surface area contributed by atoms with Crippen LogP contribution in [-0.2, 0) is 6.42 Å². The second kappa shape index (κ2) is 8.12. The topological polar surface area (TPSA) is 73.6 Å². The lowest BCUT2D eigenvalue weighted by atomic mass is 9.87. The van der Waals surface area contributed by atoms with Crippen LogP contribution in [0.5, 0.6) is 11.5 Å². The molecule has 0 aromatic heterocycles. The molecule has 0 bridgehead atoms. The van der Waals surface area contributed by atoms with E-state index in [0.717, 1.165) is 30.6 Å². The lowest BCUT2D eigenvalue weighted by Crippen LogP contribution is -2.31. The molecule has 0 radical (unpaired) electrons. The van der Waals surface area contributed by atoms with Gasteiger partial charge in [0.25, 0.3) is 5.91 Å². The monoisotopic (exact) mass is 362 g/mol. The van der Waals surface area contributed by atoms with E-state index in [9.17, 15) is 4.79 Å². The van der Waals surface area contributed by atoms with Gasteiger partial charge in [-0.2, -0.15) is 0 Å². The average Bonchev–Trinajstić information content (AvgIpc) is 2.61. The third-order valence-electron chi connectivity index (χ3n) is 4.50. The Morgan fingerprint density at radius 2 is 2.00 bits per heavy atom. The molecule has 6 heteroatoms. The highest BCUT2D eigenvalue weighted by Crippen LogP contribution is 2.33. The first-order valence-electron chi connectivity index (χ1n) is 8.04. The molecule has 1 aliphatic rings. The average molecular weight is 363 g/mol. The highest BCUT2D eigenvalue weighted by Gasteiger charge is 2.24. The first-order valence-corrected chi connectivity index (χ1v) is 8.04. The van der Waals surface area contributed by atoms with Gasteiger partial charge in [0.05, 0.1) is 31.5 Å². The van der Waals surface area contributed by atoms with E-state index in [0.29, 0.717) is 17.0 Å². The molecule has 0 saturated heterocycles. The molecular weight excluding hydrogens is 340 g/mol. The van der Waals surface area contributed by atoms with E-state index in [1.165, 1.54) is 12.7 Å². The fraction of sp³-hybridized carbons (Fsp3) is 0.316. The molecule has 2 aromatic rings. The zero-order valence-electron chi connectivity index (χ0n) is 14.4. The Bertz CT molecular complexity index is 764. The molecule has 3 rings (SSSR count). The van der Waals surface area contributed by atoms with E-state index in [4.69, 9.17) is 15.2 Å². The number of benzene rings is 2. The van der Waals surface area contributed by atoms with Crippen LogP contribution in [0.1, 0.15) is 40.4 Å². The minimum absolute atomic E-state index is 0. The summed E-state index contributed by atoms with van der Waals surface area (Å²) in [6.07, 6.45) is 2.94. The van der Waals surface area contributed by atoms with E-state index in [2.05, 4.69) is 5.32 Å². The first kappa shape index (κ1) is 18.9. The van der Waals surface area contributed by atoms with E-state index in [1.807, 2.05) is 18.2 Å². The Morgan fingerprint density at radius 3 is 2.72 bits per heavy atom. The van der Waals surface area contributed by atoms with Gasteiger partial charge in [0.15, 0.2) is 0 Å². The van der Waals surface area contributed by atoms with Crippen LogP contribution in [0.15, 0.2) is 36.4 Å². The maximum absolute atomic E-state index is 12.7. The lowest BCUT2D eigenvalue weighted by Gasteiger charge is -2.27. The molecule has 3 N–H and O–H groups in total. The molecular formula is C19H23ClN2O3. The van der Waals surface area contributed by atoms with E-state index < -0.39 is 0 Å². The molecule has 2 aromatic carbocycles. The number of carbonyl (C=O) groups is 1. The molecule has 5 nitrogen and oxygen atoms in total. The number of halogens is 1. The van der Waals surface area contributed by atoms with Crippen molar-refractivity contribution in [1.82, 2.24) is 5.32 Å². The Kier molecular flexibility index (Phi) is 6.15. The summed E-state index contributed by atoms with van der Waals surface area (Å²) in [7, 11) is 3.20. The van der Waals surface area contributed by atoms with Crippen LogP contribution < -0.4 is 20.5 Å². The van der Waals surface area contributed by atoms with Crippen molar-refractivity contribution in [2.45, 2.75) is 25.3 Å². The molecule has 0 spiro atoms. The van der Waals surface area contributed by atoms with Gasteiger partial charge in [0.2, 0.25) is 0 Å². The molecule has 1 unspecified atom stereocenters. The number of fused-ring (bicyclic) bond motifs is 1. The number of nitrogens with one attached hydrogen (secondary N) is 1. The number of nitrogen functional groups attached to an aromatic ring is 1. The van der Waals surface area contributed by atoms with Gasteiger partial charge in [-0.15, -0.1) is 12.4 Å². The number of aryl methyl sites for hydroxylation is 1. The molecule has 0 aliphatic heterocycles. The second-order valence-electron chi connectivity index (χ2n) is 5.90. The maximum Gasteiger partial charge on any atom is 0.253 e.